The van der Waals surface area contributed by atoms with E-state index in [-0.39, 0.29) is 25.5 Å². The molecule has 0 saturated heterocycles. The van der Waals surface area contributed by atoms with Crippen LogP contribution in [0.15, 0.2) is 48.5 Å². The zero-order chi connectivity index (χ0) is 28.3. The zero-order valence-corrected chi connectivity index (χ0v) is 23.5. The van der Waals surface area contributed by atoms with E-state index in [9.17, 15) is 19.5 Å². The number of carbonyl (C=O) groups is 3. The molecule has 3 N–H and O–H groups in total. The van der Waals surface area contributed by atoms with E-state index in [0.29, 0.717) is 12.1 Å². The predicted molar refractivity (Wildman–Crippen MR) is 149 cm³/mol. The Morgan fingerprint density at radius 1 is 1.03 bits per heavy atom. The number of rotatable bonds is 12. The topological polar surface area (TPSA) is 108 Å². The van der Waals surface area contributed by atoms with E-state index >= 15 is 0 Å². The van der Waals surface area contributed by atoms with Crippen molar-refractivity contribution in [1.82, 2.24) is 15.5 Å². The maximum Gasteiger partial charge on any atom is 0.408 e. The third-order valence-corrected chi connectivity index (χ3v) is 6.23. The van der Waals surface area contributed by atoms with Crippen LogP contribution in [0.4, 0.5) is 4.79 Å². The molecule has 2 aromatic carbocycles. The molecule has 208 valence electrons. The van der Waals surface area contributed by atoms with Crippen LogP contribution in [0.2, 0.25) is 0 Å². The number of ether oxygens (including phenoxy) is 1. The summed E-state index contributed by atoms with van der Waals surface area (Å²) < 4.78 is 5.44. The second kappa shape index (κ2) is 14.5. The highest BCUT2D eigenvalue weighted by Crippen LogP contribution is 2.27. The maximum atomic E-state index is 14.1. The summed E-state index contributed by atoms with van der Waals surface area (Å²) in [5.41, 5.74) is 2.63. The first-order valence-electron chi connectivity index (χ1n) is 13.3. The van der Waals surface area contributed by atoms with Gasteiger partial charge in [-0.15, -0.1) is 0 Å². The Bertz CT molecular complexity index is 1070. The maximum absolute atomic E-state index is 14.1. The number of hydrogen-bond donors (Lipinski definition) is 3. The number of nitrogens with zero attached hydrogens (tertiary/aromatic N) is 1. The molecule has 0 fully saturated rings. The highest BCUT2D eigenvalue weighted by molar-refractivity contribution is 5.92. The summed E-state index contributed by atoms with van der Waals surface area (Å²) in [4.78, 5) is 41.9. The van der Waals surface area contributed by atoms with Crippen LogP contribution >= 0.6 is 0 Å². The highest BCUT2D eigenvalue weighted by Gasteiger charge is 2.36. The summed E-state index contributed by atoms with van der Waals surface area (Å²) in [6.07, 6.45) is 1.17. The van der Waals surface area contributed by atoms with E-state index in [1.165, 1.54) is 4.90 Å². The van der Waals surface area contributed by atoms with Gasteiger partial charge in [0, 0.05) is 19.5 Å². The summed E-state index contributed by atoms with van der Waals surface area (Å²) in [6.45, 7) is 11.2. The lowest BCUT2D eigenvalue weighted by atomic mass is 9.94. The van der Waals surface area contributed by atoms with E-state index in [4.69, 9.17) is 4.74 Å². The van der Waals surface area contributed by atoms with Crippen molar-refractivity contribution in [3.63, 3.8) is 0 Å². The monoisotopic (exact) mass is 525 g/mol. The Balaban J connectivity index is 2.53. The number of amides is 3. The fraction of sp³-hybridized carbons (Fsp3) is 0.500. The molecule has 0 spiro atoms. The molecule has 3 amide bonds. The van der Waals surface area contributed by atoms with Gasteiger partial charge in [0.1, 0.15) is 17.7 Å². The largest absolute Gasteiger partial charge is 0.444 e. The summed E-state index contributed by atoms with van der Waals surface area (Å²) in [6, 6.07) is 13.0. The fourth-order valence-corrected chi connectivity index (χ4v) is 4.18. The van der Waals surface area contributed by atoms with Gasteiger partial charge in [-0.1, -0.05) is 61.9 Å². The second-order valence-corrected chi connectivity index (χ2v) is 10.5. The van der Waals surface area contributed by atoms with E-state index in [2.05, 4.69) is 10.6 Å². The van der Waals surface area contributed by atoms with Crippen LogP contribution in [0.1, 0.15) is 68.8 Å². The normalized spacial score (nSPS) is 12.8. The van der Waals surface area contributed by atoms with Gasteiger partial charge < -0.3 is 25.4 Å². The van der Waals surface area contributed by atoms with Crippen molar-refractivity contribution in [1.29, 1.82) is 0 Å². The Labute approximate surface area is 226 Å². The van der Waals surface area contributed by atoms with Gasteiger partial charge in [0.25, 0.3) is 0 Å². The summed E-state index contributed by atoms with van der Waals surface area (Å²) in [5, 5.41) is 15.6. The molecule has 8 heteroatoms. The molecule has 2 rings (SSSR count). The van der Waals surface area contributed by atoms with Crippen molar-refractivity contribution >= 4 is 17.9 Å². The predicted octanol–water partition coefficient (Wildman–Crippen LogP) is 4.22. The van der Waals surface area contributed by atoms with Gasteiger partial charge in [-0.2, -0.15) is 0 Å². The van der Waals surface area contributed by atoms with Crippen LogP contribution in [-0.4, -0.2) is 59.3 Å². The van der Waals surface area contributed by atoms with Crippen LogP contribution in [0.3, 0.4) is 0 Å². The lowest BCUT2D eigenvalue weighted by Gasteiger charge is -2.35. The number of aliphatic hydroxyl groups excluding tert-OH is 1. The number of aliphatic hydroxyl groups is 1. The van der Waals surface area contributed by atoms with Crippen molar-refractivity contribution in [3.05, 3.63) is 70.8 Å². The average molecular weight is 526 g/mol. The molecular weight excluding hydrogens is 482 g/mol. The third-order valence-electron chi connectivity index (χ3n) is 6.23. The van der Waals surface area contributed by atoms with Crippen LogP contribution in [0.5, 0.6) is 0 Å². The Hall–Kier alpha value is -3.39. The molecule has 8 nitrogen and oxygen atoms in total. The van der Waals surface area contributed by atoms with E-state index in [1.54, 1.807) is 20.8 Å². The molecular formula is C30H43N3O5. The number of alkyl carbamates (subject to hydrolysis) is 1. The van der Waals surface area contributed by atoms with Gasteiger partial charge in [-0.3, -0.25) is 9.59 Å². The molecule has 2 unspecified atom stereocenters. The molecule has 0 aromatic heterocycles. The van der Waals surface area contributed by atoms with E-state index < -0.39 is 29.7 Å². The summed E-state index contributed by atoms with van der Waals surface area (Å²) in [7, 11) is 0. The third kappa shape index (κ3) is 9.17. The summed E-state index contributed by atoms with van der Waals surface area (Å²) >= 11 is 0. The Morgan fingerprint density at radius 2 is 1.71 bits per heavy atom. The SMILES string of the molecule is CCCCNC(=O)C(c1cccc(C)c1C)N(CCO)C(=O)C(Cc1ccccc1)NC(=O)OC(C)(C)C. The van der Waals surface area contributed by atoms with Gasteiger partial charge in [0.05, 0.1) is 6.61 Å². The van der Waals surface area contributed by atoms with Crippen LogP contribution in [0.25, 0.3) is 0 Å². The number of nitrogens with one attached hydrogen (secondary N) is 2. The van der Waals surface area contributed by atoms with E-state index in [0.717, 1.165) is 29.5 Å². The lowest BCUT2D eigenvalue weighted by Crippen LogP contribution is -2.54. The van der Waals surface area contributed by atoms with Gasteiger partial charge >= 0.3 is 6.09 Å². The molecule has 38 heavy (non-hydrogen) atoms. The van der Waals surface area contributed by atoms with Crippen LogP contribution in [0, 0.1) is 13.8 Å². The standard InChI is InChI=1S/C30H43N3O5/c1-7-8-17-31-27(35)26(24-16-12-13-21(2)22(24)3)33(18-19-34)28(36)25(20-23-14-10-9-11-15-23)32-29(37)38-30(4,5)6/h9-16,25-26,34H,7-8,17-20H2,1-6H3,(H,31,35)(H,32,37). The minimum Gasteiger partial charge on any atom is -0.444 e. The van der Waals surface area contributed by atoms with Crippen molar-refractivity contribution in [2.45, 2.75) is 78.5 Å². The number of unbranched alkanes of at least 4 members (excludes halogenated alkanes) is 1. The van der Waals surface area contributed by atoms with E-state index in [1.807, 2.05) is 69.3 Å². The smallest absolute Gasteiger partial charge is 0.408 e. The molecule has 0 radical (unpaired) electrons. The van der Waals surface area contributed by atoms with Crippen molar-refractivity contribution in [2.75, 3.05) is 19.7 Å². The molecule has 0 heterocycles. The van der Waals surface area contributed by atoms with Gasteiger partial charge in [-0.05, 0) is 63.3 Å². The van der Waals surface area contributed by atoms with Crippen molar-refractivity contribution in [2.24, 2.45) is 0 Å². The van der Waals surface area contributed by atoms with Crippen molar-refractivity contribution < 1.29 is 24.2 Å². The number of carbonyl (C=O) groups excluding carboxylic acids is 3. The number of hydrogen-bond acceptors (Lipinski definition) is 5. The van der Waals surface area contributed by atoms with Crippen LogP contribution in [-0.2, 0) is 20.7 Å². The van der Waals surface area contributed by atoms with Gasteiger partial charge in [-0.25, -0.2) is 4.79 Å². The van der Waals surface area contributed by atoms with Gasteiger partial charge in [0.15, 0.2) is 0 Å². The average Bonchev–Trinajstić information content (AvgIpc) is 2.85. The zero-order valence-electron chi connectivity index (χ0n) is 23.5. The second-order valence-electron chi connectivity index (χ2n) is 10.5. The minimum absolute atomic E-state index is 0.0840. The molecule has 0 bridgehead atoms. The molecule has 2 aromatic rings. The van der Waals surface area contributed by atoms with Crippen molar-refractivity contribution in [3.8, 4) is 0 Å². The Morgan fingerprint density at radius 3 is 2.32 bits per heavy atom. The van der Waals surface area contributed by atoms with Crippen LogP contribution < -0.4 is 10.6 Å². The Kier molecular flexibility index (Phi) is 11.8. The molecule has 2 atom stereocenters. The molecule has 0 aliphatic rings. The summed E-state index contributed by atoms with van der Waals surface area (Å²) in [5.74, 6) is -0.810. The molecule has 0 aliphatic carbocycles. The first-order chi connectivity index (χ1) is 18.0. The number of benzene rings is 2. The van der Waals surface area contributed by atoms with Gasteiger partial charge in [0.2, 0.25) is 11.8 Å². The minimum atomic E-state index is -1.02. The highest BCUT2D eigenvalue weighted by atomic mass is 16.6. The first kappa shape index (κ1) is 30.8. The molecule has 0 saturated carbocycles. The molecule has 0 aliphatic heterocycles. The first-order valence-corrected chi connectivity index (χ1v) is 13.3. The fourth-order valence-electron chi connectivity index (χ4n) is 4.18. The quantitative estimate of drug-likeness (QED) is 0.360. The number of aryl methyl sites for hydroxylation is 1. The lowest BCUT2D eigenvalue weighted by molar-refractivity contribution is -0.143.